The lowest BCUT2D eigenvalue weighted by Crippen LogP contribution is -2.30. The molecule has 1 heterocycles. The van der Waals surface area contributed by atoms with Gasteiger partial charge in [0.1, 0.15) is 0 Å². The van der Waals surface area contributed by atoms with Gasteiger partial charge in [-0.2, -0.15) is 4.31 Å². The van der Waals surface area contributed by atoms with Gasteiger partial charge in [0.25, 0.3) is 0 Å². The molecule has 1 aromatic heterocycles. The molecule has 3 rings (SSSR count). The number of nitrogens with one attached hydrogen (secondary N) is 1. The zero-order chi connectivity index (χ0) is 22.8. The largest absolute Gasteiger partial charge is 0.451 e. The number of ether oxygens (including phenoxy) is 1. The van der Waals surface area contributed by atoms with E-state index in [0.717, 1.165) is 10.9 Å². The average Bonchev–Trinajstić information content (AvgIpc) is 3.09. The van der Waals surface area contributed by atoms with Crippen LogP contribution in [0.1, 0.15) is 47.2 Å². The zero-order valence-corrected chi connectivity index (χ0v) is 18.8. The van der Waals surface area contributed by atoms with E-state index in [4.69, 9.17) is 4.74 Å². The summed E-state index contributed by atoms with van der Waals surface area (Å²) in [5.41, 5.74) is 2.08. The number of sulfonamides is 1. The molecular weight excluding hydrogens is 416 g/mol. The Labute approximate surface area is 182 Å². The second-order valence-corrected chi connectivity index (χ2v) is 9.14. The number of benzene rings is 2. The molecule has 0 aliphatic heterocycles. The van der Waals surface area contributed by atoms with E-state index in [2.05, 4.69) is 4.98 Å². The van der Waals surface area contributed by atoms with E-state index in [0.29, 0.717) is 24.3 Å². The summed E-state index contributed by atoms with van der Waals surface area (Å²) in [6, 6.07) is 13.1. The molecule has 0 aliphatic carbocycles. The normalized spacial score (nSPS) is 12.8. The maximum atomic E-state index is 13.0. The van der Waals surface area contributed by atoms with Crippen molar-refractivity contribution in [1.29, 1.82) is 0 Å². The van der Waals surface area contributed by atoms with Crippen molar-refractivity contribution in [3.63, 3.8) is 0 Å². The molecule has 2 aromatic carbocycles. The number of aromatic amines is 1. The fraction of sp³-hybridized carbons (Fsp3) is 0.304. The minimum absolute atomic E-state index is 0.0112. The third kappa shape index (κ3) is 4.40. The van der Waals surface area contributed by atoms with Crippen LogP contribution in [0.3, 0.4) is 0 Å². The Morgan fingerprint density at radius 3 is 2.42 bits per heavy atom. The summed E-state index contributed by atoms with van der Waals surface area (Å²) in [5, 5.41) is 0.764. The molecule has 1 atom stereocenters. The first-order valence-electron chi connectivity index (χ1n) is 10.1. The SMILES string of the molecule is CCN(CC)S(=O)(=O)c1cccc(C(=O)O[C@H](C)C(=O)c2c(C)[nH]c3ccccc23)c1. The maximum absolute atomic E-state index is 13.0. The van der Waals surface area contributed by atoms with Crippen molar-refractivity contribution < 1.29 is 22.7 Å². The molecule has 8 heteroatoms. The number of ketones is 1. The smallest absolute Gasteiger partial charge is 0.338 e. The Bertz CT molecular complexity index is 1230. The van der Waals surface area contributed by atoms with E-state index in [9.17, 15) is 18.0 Å². The van der Waals surface area contributed by atoms with Crippen LogP contribution in [0.15, 0.2) is 53.4 Å². The fourth-order valence-corrected chi connectivity index (χ4v) is 5.08. The van der Waals surface area contributed by atoms with Gasteiger partial charge in [0, 0.05) is 35.2 Å². The molecule has 0 aliphatic rings. The van der Waals surface area contributed by atoms with Gasteiger partial charge < -0.3 is 9.72 Å². The zero-order valence-electron chi connectivity index (χ0n) is 18.0. The number of aromatic nitrogens is 1. The fourth-order valence-electron chi connectivity index (χ4n) is 3.58. The van der Waals surface area contributed by atoms with E-state index in [1.165, 1.54) is 35.5 Å². The van der Waals surface area contributed by atoms with Crippen LogP contribution in [-0.2, 0) is 14.8 Å². The quantitative estimate of drug-likeness (QED) is 0.421. The highest BCUT2D eigenvalue weighted by atomic mass is 32.2. The molecule has 0 bridgehead atoms. The molecule has 164 valence electrons. The highest BCUT2D eigenvalue weighted by Crippen LogP contribution is 2.24. The molecule has 0 saturated heterocycles. The van der Waals surface area contributed by atoms with Gasteiger partial charge in [-0.3, -0.25) is 4.79 Å². The van der Waals surface area contributed by atoms with Crippen molar-refractivity contribution in [3.05, 3.63) is 65.4 Å². The van der Waals surface area contributed by atoms with Crippen molar-refractivity contribution in [2.75, 3.05) is 13.1 Å². The van der Waals surface area contributed by atoms with Gasteiger partial charge in [-0.25, -0.2) is 13.2 Å². The second kappa shape index (κ2) is 9.03. The van der Waals surface area contributed by atoms with E-state index in [1.54, 1.807) is 20.8 Å². The molecule has 7 nitrogen and oxygen atoms in total. The summed E-state index contributed by atoms with van der Waals surface area (Å²) in [6.45, 7) is 7.45. The monoisotopic (exact) mass is 442 g/mol. The third-order valence-electron chi connectivity index (χ3n) is 5.21. The number of fused-ring (bicyclic) bond motifs is 1. The average molecular weight is 443 g/mol. The van der Waals surface area contributed by atoms with Crippen LogP contribution in [-0.4, -0.2) is 48.7 Å². The van der Waals surface area contributed by atoms with Gasteiger partial charge >= 0.3 is 5.97 Å². The van der Waals surface area contributed by atoms with Gasteiger partial charge in [0.15, 0.2) is 6.10 Å². The van der Waals surface area contributed by atoms with Gasteiger partial charge in [0.2, 0.25) is 15.8 Å². The number of nitrogens with zero attached hydrogens (tertiary/aromatic N) is 1. The highest BCUT2D eigenvalue weighted by Gasteiger charge is 2.26. The van der Waals surface area contributed by atoms with Crippen LogP contribution >= 0.6 is 0 Å². The van der Waals surface area contributed by atoms with Crippen molar-refractivity contribution in [2.24, 2.45) is 0 Å². The Hall–Kier alpha value is -2.97. The summed E-state index contributed by atoms with van der Waals surface area (Å²) in [6.07, 6.45) is -1.03. The second-order valence-electron chi connectivity index (χ2n) is 7.20. The first-order chi connectivity index (χ1) is 14.7. The van der Waals surface area contributed by atoms with Gasteiger partial charge in [-0.05, 0) is 38.1 Å². The summed E-state index contributed by atoms with van der Waals surface area (Å²) in [4.78, 5) is 28.8. The van der Waals surface area contributed by atoms with Gasteiger partial charge in [-0.15, -0.1) is 0 Å². The Kier molecular flexibility index (Phi) is 6.62. The van der Waals surface area contributed by atoms with Crippen molar-refractivity contribution in [2.45, 2.75) is 38.7 Å². The number of aryl methyl sites for hydroxylation is 1. The molecule has 0 saturated carbocycles. The minimum Gasteiger partial charge on any atom is -0.451 e. The number of H-pyrrole nitrogens is 1. The Morgan fingerprint density at radius 1 is 1.06 bits per heavy atom. The van der Waals surface area contributed by atoms with Crippen LogP contribution in [0.25, 0.3) is 10.9 Å². The molecule has 31 heavy (non-hydrogen) atoms. The van der Waals surface area contributed by atoms with Crippen LogP contribution in [0.2, 0.25) is 0 Å². The number of para-hydroxylation sites is 1. The predicted molar refractivity (Wildman–Crippen MR) is 119 cm³/mol. The highest BCUT2D eigenvalue weighted by molar-refractivity contribution is 7.89. The van der Waals surface area contributed by atoms with E-state index >= 15 is 0 Å². The van der Waals surface area contributed by atoms with E-state index in [-0.39, 0.29) is 16.2 Å². The molecule has 0 unspecified atom stereocenters. The summed E-state index contributed by atoms with van der Waals surface area (Å²) < 4.78 is 32.2. The first kappa shape index (κ1) is 22.7. The molecule has 3 aromatic rings. The molecule has 0 spiro atoms. The molecule has 0 amide bonds. The number of carbonyl (C=O) groups excluding carboxylic acids is 2. The maximum Gasteiger partial charge on any atom is 0.338 e. The third-order valence-corrected chi connectivity index (χ3v) is 7.25. The Balaban J connectivity index is 1.83. The summed E-state index contributed by atoms with van der Waals surface area (Å²) in [7, 11) is -3.71. The molecular formula is C23H26N2O5S. The van der Waals surface area contributed by atoms with Crippen LogP contribution in [0, 0.1) is 6.92 Å². The van der Waals surface area contributed by atoms with E-state index < -0.39 is 22.1 Å². The molecule has 1 N–H and O–H groups in total. The van der Waals surface area contributed by atoms with Crippen molar-refractivity contribution in [1.82, 2.24) is 9.29 Å². The summed E-state index contributed by atoms with van der Waals surface area (Å²) in [5.74, 6) is -1.08. The first-order valence-corrected chi connectivity index (χ1v) is 11.6. The van der Waals surface area contributed by atoms with Crippen molar-refractivity contribution in [3.8, 4) is 0 Å². The number of hydrogen-bond donors (Lipinski definition) is 1. The van der Waals surface area contributed by atoms with Crippen LogP contribution in [0.5, 0.6) is 0 Å². The number of esters is 1. The standard InChI is InChI=1S/C23H26N2O5S/c1-5-25(6-2)31(28,29)18-11-9-10-17(14-18)23(27)30-16(4)22(26)21-15(3)24-20-13-8-7-12-19(20)21/h7-14,16,24H,5-6H2,1-4H3/t16-/m1/s1. The molecule has 0 radical (unpaired) electrons. The Morgan fingerprint density at radius 2 is 1.74 bits per heavy atom. The number of carbonyl (C=O) groups is 2. The van der Waals surface area contributed by atoms with Crippen molar-refractivity contribution >= 4 is 32.7 Å². The minimum atomic E-state index is -3.71. The summed E-state index contributed by atoms with van der Waals surface area (Å²) >= 11 is 0. The van der Waals surface area contributed by atoms with Crippen LogP contribution in [0.4, 0.5) is 0 Å². The van der Waals surface area contributed by atoms with Crippen LogP contribution < -0.4 is 0 Å². The lowest BCUT2D eigenvalue weighted by molar-refractivity contribution is 0.0319. The number of rotatable bonds is 8. The molecule has 0 fully saturated rings. The topological polar surface area (TPSA) is 96.5 Å². The number of hydrogen-bond acceptors (Lipinski definition) is 5. The van der Waals surface area contributed by atoms with Gasteiger partial charge in [-0.1, -0.05) is 38.1 Å². The lowest BCUT2D eigenvalue weighted by Gasteiger charge is -2.19. The lowest BCUT2D eigenvalue weighted by atomic mass is 10.0. The van der Waals surface area contributed by atoms with Gasteiger partial charge in [0.05, 0.1) is 10.5 Å². The predicted octanol–water partition coefficient (Wildman–Crippen LogP) is 3.94. The van der Waals surface area contributed by atoms with E-state index in [1.807, 2.05) is 24.3 Å². The number of Topliss-reactive ketones (excluding diaryl/α,β-unsaturated/α-hetero) is 1.